The van der Waals surface area contributed by atoms with E-state index in [0.717, 1.165) is 5.56 Å². The van der Waals surface area contributed by atoms with E-state index < -0.39 is 28.5 Å². The molecular formula is C20H22N2O5S. The van der Waals surface area contributed by atoms with E-state index in [-0.39, 0.29) is 17.0 Å². The third-order valence-electron chi connectivity index (χ3n) is 3.73. The van der Waals surface area contributed by atoms with E-state index >= 15 is 0 Å². The van der Waals surface area contributed by atoms with E-state index in [0.29, 0.717) is 13.0 Å². The summed E-state index contributed by atoms with van der Waals surface area (Å²) in [6.45, 7) is 3.57. The summed E-state index contributed by atoms with van der Waals surface area (Å²) >= 11 is 0. The Hall–Kier alpha value is -2.97. The molecule has 0 aliphatic heterocycles. The Bertz CT molecular complexity index is 909. The third-order valence-corrected chi connectivity index (χ3v) is 5.17. The standard InChI is InChI=1S/C20H22N2O5S/c1-2-13-22-28(25,26)18-10-8-17(9-11-18)20(24)27-15-19(23)21-14-12-16-6-4-3-5-7-16/h2-11,22H,1,12-15H2,(H,21,23). The Morgan fingerprint density at radius 3 is 2.36 bits per heavy atom. The minimum Gasteiger partial charge on any atom is -0.452 e. The number of hydrogen-bond acceptors (Lipinski definition) is 5. The van der Waals surface area contributed by atoms with Crippen LogP contribution in [0, 0.1) is 0 Å². The highest BCUT2D eigenvalue weighted by Gasteiger charge is 2.15. The molecule has 0 spiro atoms. The summed E-state index contributed by atoms with van der Waals surface area (Å²) in [6.07, 6.45) is 2.10. The van der Waals surface area contributed by atoms with Crippen LogP contribution in [0.4, 0.5) is 0 Å². The van der Waals surface area contributed by atoms with Gasteiger partial charge >= 0.3 is 5.97 Å². The molecule has 2 aromatic carbocycles. The number of esters is 1. The number of benzene rings is 2. The van der Waals surface area contributed by atoms with Crippen LogP contribution in [-0.4, -0.2) is 40.0 Å². The van der Waals surface area contributed by atoms with Crippen LogP contribution in [0.1, 0.15) is 15.9 Å². The molecular weight excluding hydrogens is 380 g/mol. The van der Waals surface area contributed by atoms with Gasteiger partial charge in [-0.15, -0.1) is 6.58 Å². The van der Waals surface area contributed by atoms with Gasteiger partial charge in [0, 0.05) is 13.1 Å². The van der Waals surface area contributed by atoms with Crippen molar-refractivity contribution in [2.75, 3.05) is 19.7 Å². The third kappa shape index (κ3) is 6.64. The summed E-state index contributed by atoms with van der Waals surface area (Å²) < 4.78 is 31.2. The predicted molar refractivity (Wildman–Crippen MR) is 105 cm³/mol. The first-order chi connectivity index (χ1) is 13.4. The number of sulfonamides is 1. The van der Waals surface area contributed by atoms with Gasteiger partial charge in [-0.3, -0.25) is 4.79 Å². The van der Waals surface area contributed by atoms with Crippen molar-refractivity contribution < 1.29 is 22.7 Å². The van der Waals surface area contributed by atoms with E-state index in [2.05, 4.69) is 16.6 Å². The van der Waals surface area contributed by atoms with Crippen LogP contribution < -0.4 is 10.0 Å². The molecule has 1 amide bonds. The van der Waals surface area contributed by atoms with E-state index in [1.807, 2.05) is 30.3 Å². The maximum absolute atomic E-state index is 12.0. The van der Waals surface area contributed by atoms with Gasteiger partial charge in [0.2, 0.25) is 10.0 Å². The average Bonchev–Trinajstić information content (AvgIpc) is 2.71. The lowest BCUT2D eigenvalue weighted by Crippen LogP contribution is -2.30. The molecule has 28 heavy (non-hydrogen) atoms. The molecule has 8 heteroatoms. The molecule has 0 aromatic heterocycles. The number of hydrogen-bond donors (Lipinski definition) is 2. The second-order valence-corrected chi connectivity index (χ2v) is 7.59. The number of rotatable bonds is 10. The van der Waals surface area contributed by atoms with Crippen LogP contribution in [0.3, 0.4) is 0 Å². The van der Waals surface area contributed by atoms with E-state index in [9.17, 15) is 18.0 Å². The number of ether oxygens (including phenoxy) is 1. The molecule has 0 unspecified atom stereocenters. The van der Waals surface area contributed by atoms with Crippen LogP contribution >= 0.6 is 0 Å². The summed E-state index contributed by atoms with van der Waals surface area (Å²) in [6, 6.07) is 14.9. The highest BCUT2D eigenvalue weighted by Crippen LogP contribution is 2.11. The lowest BCUT2D eigenvalue weighted by molar-refractivity contribution is -0.124. The molecule has 0 aliphatic rings. The van der Waals surface area contributed by atoms with E-state index in [4.69, 9.17) is 4.74 Å². The van der Waals surface area contributed by atoms with Crippen LogP contribution in [0.5, 0.6) is 0 Å². The Balaban J connectivity index is 1.79. The van der Waals surface area contributed by atoms with Gasteiger partial charge in [0.1, 0.15) is 0 Å². The first-order valence-corrected chi connectivity index (χ1v) is 10.1. The quantitative estimate of drug-likeness (QED) is 0.465. The fourth-order valence-electron chi connectivity index (χ4n) is 2.28. The minimum absolute atomic E-state index is 0.0181. The van der Waals surface area contributed by atoms with Gasteiger partial charge in [-0.1, -0.05) is 36.4 Å². The fraction of sp³-hybridized carbons (Fsp3) is 0.200. The number of carbonyl (C=O) groups is 2. The number of carbonyl (C=O) groups excluding carboxylic acids is 2. The Morgan fingerprint density at radius 2 is 1.71 bits per heavy atom. The molecule has 2 rings (SSSR count). The van der Waals surface area contributed by atoms with Gasteiger partial charge in [0.05, 0.1) is 10.5 Å². The Kier molecular flexibility index (Phi) is 7.91. The van der Waals surface area contributed by atoms with Crippen molar-refractivity contribution in [3.63, 3.8) is 0 Å². The van der Waals surface area contributed by atoms with Gasteiger partial charge in [0.25, 0.3) is 5.91 Å². The van der Waals surface area contributed by atoms with Gasteiger partial charge < -0.3 is 10.1 Å². The minimum atomic E-state index is -3.66. The van der Waals surface area contributed by atoms with Crippen LogP contribution in [0.2, 0.25) is 0 Å². The Labute approximate surface area is 164 Å². The molecule has 0 radical (unpaired) electrons. The fourth-order valence-corrected chi connectivity index (χ4v) is 3.28. The van der Waals surface area contributed by atoms with E-state index in [1.165, 1.54) is 30.3 Å². The first-order valence-electron chi connectivity index (χ1n) is 8.61. The molecule has 0 heterocycles. The summed E-state index contributed by atoms with van der Waals surface area (Å²) in [5.74, 6) is -1.11. The first kappa shape index (κ1) is 21.3. The van der Waals surface area contributed by atoms with Crippen molar-refractivity contribution >= 4 is 21.9 Å². The van der Waals surface area contributed by atoms with Crippen molar-refractivity contribution in [2.45, 2.75) is 11.3 Å². The van der Waals surface area contributed by atoms with E-state index in [1.54, 1.807) is 0 Å². The lowest BCUT2D eigenvalue weighted by Gasteiger charge is -2.08. The molecule has 2 N–H and O–H groups in total. The molecule has 7 nitrogen and oxygen atoms in total. The normalized spacial score (nSPS) is 10.9. The molecule has 0 saturated carbocycles. The van der Waals surface area contributed by atoms with Crippen molar-refractivity contribution in [1.82, 2.24) is 10.0 Å². The predicted octanol–water partition coefficient (Wildman–Crippen LogP) is 1.67. The smallest absolute Gasteiger partial charge is 0.338 e. The Morgan fingerprint density at radius 1 is 1.04 bits per heavy atom. The van der Waals surface area contributed by atoms with Crippen molar-refractivity contribution in [3.8, 4) is 0 Å². The van der Waals surface area contributed by atoms with Crippen molar-refractivity contribution in [3.05, 3.63) is 78.4 Å². The van der Waals surface area contributed by atoms with Crippen LogP contribution in [0.25, 0.3) is 0 Å². The SMILES string of the molecule is C=CCNS(=O)(=O)c1ccc(C(=O)OCC(=O)NCCc2ccccc2)cc1. The number of amides is 1. The molecule has 0 aliphatic carbocycles. The second kappa shape index (κ2) is 10.4. The summed E-state index contributed by atoms with van der Waals surface area (Å²) in [4.78, 5) is 23.8. The average molecular weight is 402 g/mol. The molecule has 2 aromatic rings. The molecule has 0 bridgehead atoms. The summed E-state index contributed by atoms with van der Waals surface area (Å²) in [5, 5.41) is 2.67. The highest BCUT2D eigenvalue weighted by atomic mass is 32.2. The summed E-state index contributed by atoms with van der Waals surface area (Å²) in [5.41, 5.74) is 1.25. The monoisotopic (exact) mass is 402 g/mol. The molecule has 0 fully saturated rings. The zero-order valence-electron chi connectivity index (χ0n) is 15.3. The molecule has 0 atom stereocenters. The highest BCUT2D eigenvalue weighted by molar-refractivity contribution is 7.89. The lowest BCUT2D eigenvalue weighted by atomic mass is 10.1. The maximum Gasteiger partial charge on any atom is 0.338 e. The van der Waals surface area contributed by atoms with Crippen molar-refractivity contribution in [1.29, 1.82) is 0 Å². The van der Waals surface area contributed by atoms with Gasteiger partial charge in [-0.25, -0.2) is 17.9 Å². The summed E-state index contributed by atoms with van der Waals surface area (Å²) in [7, 11) is -3.66. The maximum atomic E-state index is 12.0. The topological polar surface area (TPSA) is 102 Å². The molecule has 148 valence electrons. The zero-order chi connectivity index (χ0) is 20.4. The van der Waals surface area contributed by atoms with Crippen molar-refractivity contribution in [2.24, 2.45) is 0 Å². The van der Waals surface area contributed by atoms with Gasteiger partial charge in [0.15, 0.2) is 6.61 Å². The van der Waals surface area contributed by atoms with Gasteiger partial charge in [-0.2, -0.15) is 0 Å². The van der Waals surface area contributed by atoms with Crippen LogP contribution in [0.15, 0.2) is 72.1 Å². The second-order valence-electron chi connectivity index (χ2n) is 5.83. The zero-order valence-corrected chi connectivity index (χ0v) is 16.1. The molecule has 0 saturated heterocycles. The largest absolute Gasteiger partial charge is 0.452 e. The van der Waals surface area contributed by atoms with Gasteiger partial charge in [-0.05, 0) is 36.2 Å². The number of nitrogens with one attached hydrogen (secondary N) is 2. The van der Waals surface area contributed by atoms with Crippen LogP contribution in [-0.2, 0) is 26.0 Å².